The van der Waals surface area contributed by atoms with E-state index >= 15 is 0 Å². The van der Waals surface area contributed by atoms with Crippen molar-refractivity contribution in [3.05, 3.63) is 47.3 Å². The molecule has 6 heteroatoms. The van der Waals surface area contributed by atoms with Crippen LogP contribution in [0.4, 0.5) is 0 Å². The van der Waals surface area contributed by atoms with Crippen LogP contribution in [0.5, 0.6) is 5.75 Å². The highest BCUT2D eigenvalue weighted by atomic mass is 16.5. The monoisotopic (exact) mass is 340 g/mol. The summed E-state index contributed by atoms with van der Waals surface area (Å²) in [6, 6.07) is 10.1. The number of likely N-dealkylation sites (N-methyl/N-ethyl adjacent to an activating group) is 1. The van der Waals surface area contributed by atoms with Gasteiger partial charge in [-0.25, -0.2) is 0 Å². The fraction of sp³-hybridized carbons (Fsp3) is 0.474. The van der Waals surface area contributed by atoms with E-state index in [4.69, 9.17) is 4.74 Å². The lowest BCUT2D eigenvalue weighted by Crippen LogP contribution is -2.38. The summed E-state index contributed by atoms with van der Waals surface area (Å²) in [4.78, 5) is 16.5. The Hall–Kier alpha value is -2.34. The highest BCUT2D eigenvalue weighted by Gasteiger charge is 2.26. The summed E-state index contributed by atoms with van der Waals surface area (Å²) in [7, 11) is 1.85. The standard InChI is InChI=1S/C19H24N4O2/c1-22(12-16-10-17(21-20-16)14-6-7-14)19(24)13-23-8-9-25-18-5-3-2-4-15(18)11-23/h2-5,10,14H,6-9,11-13H2,1H3,(H,20,21). The first-order chi connectivity index (χ1) is 12.2. The lowest BCUT2D eigenvalue weighted by molar-refractivity contribution is -0.131. The number of hydrogen-bond acceptors (Lipinski definition) is 4. The number of amides is 1. The fourth-order valence-corrected chi connectivity index (χ4v) is 3.22. The van der Waals surface area contributed by atoms with Crippen LogP contribution in [-0.4, -0.2) is 52.6 Å². The van der Waals surface area contributed by atoms with Crippen molar-refractivity contribution in [3.8, 4) is 5.75 Å². The van der Waals surface area contributed by atoms with Crippen LogP contribution in [0.2, 0.25) is 0 Å². The quantitative estimate of drug-likeness (QED) is 0.906. The smallest absolute Gasteiger partial charge is 0.236 e. The molecule has 25 heavy (non-hydrogen) atoms. The van der Waals surface area contributed by atoms with Crippen molar-refractivity contribution in [1.82, 2.24) is 20.0 Å². The van der Waals surface area contributed by atoms with E-state index in [1.165, 1.54) is 12.8 Å². The van der Waals surface area contributed by atoms with E-state index in [1.807, 2.05) is 25.2 Å². The number of para-hydroxylation sites is 1. The minimum absolute atomic E-state index is 0.113. The number of ether oxygens (including phenoxy) is 1. The number of fused-ring (bicyclic) bond motifs is 1. The number of nitrogens with one attached hydrogen (secondary N) is 1. The number of carbonyl (C=O) groups excluding carboxylic acids is 1. The van der Waals surface area contributed by atoms with Crippen LogP contribution in [0.25, 0.3) is 0 Å². The number of hydrogen-bond donors (Lipinski definition) is 1. The van der Waals surface area contributed by atoms with Crippen LogP contribution in [0, 0.1) is 0 Å². The van der Waals surface area contributed by atoms with Crippen LogP contribution in [0.1, 0.15) is 35.7 Å². The van der Waals surface area contributed by atoms with Gasteiger partial charge in [-0.15, -0.1) is 0 Å². The molecule has 1 aliphatic carbocycles. The van der Waals surface area contributed by atoms with Gasteiger partial charge in [0, 0.05) is 31.6 Å². The van der Waals surface area contributed by atoms with E-state index in [9.17, 15) is 4.79 Å². The Kier molecular flexibility index (Phi) is 4.44. The lowest BCUT2D eigenvalue weighted by Gasteiger charge is -2.23. The molecule has 2 aromatic rings. The van der Waals surface area contributed by atoms with Crippen molar-refractivity contribution < 1.29 is 9.53 Å². The van der Waals surface area contributed by atoms with E-state index in [0.29, 0.717) is 25.6 Å². The average molecular weight is 340 g/mol. The minimum atomic E-state index is 0.113. The fourth-order valence-electron chi connectivity index (χ4n) is 3.22. The van der Waals surface area contributed by atoms with Crippen molar-refractivity contribution in [2.45, 2.75) is 31.8 Å². The second-order valence-electron chi connectivity index (χ2n) is 7.01. The van der Waals surface area contributed by atoms with Crippen molar-refractivity contribution >= 4 is 5.91 Å². The summed E-state index contributed by atoms with van der Waals surface area (Å²) in [5.74, 6) is 1.67. The average Bonchev–Trinajstić information content (AvgIpc) is 3.38. The van der Waals surface area contributed by atoms with E-state index in [-0.39, 0.29) is 5.91 Å². The van der Waals surface area contributed by atoms with Gasteiger partial charge in [-0.1, -0.05) is 18.2 Å². The van der Waals surface area contributed by atoms with E-state index in [1.54, 1.807) is 4.90 Å². The summed E-state index contributed by atoms with van der Waals surface area (Å²) in [6.07, 6.45) is 2.47. The maximum atomic E-state index is 12.6. The van der Waals surface area contributed by atoms with Gasteiger partial charge in [0.15, 0.2) is 0 Å². The third kappa shape index (κ3) is 3.85. The zero-order chi connectivity index (χ0) is 17.2. The van der Waals surface area contributed by atoms with Crippen LogP contribution >= 0.6 is 0 Å². The van der Waals surface area contributed by atoms with E-state index in [2.05, 4.69) is 27.2 Å². The molecule has 1 aromatic heterocycles. The third-order valence-corrected chi connectivity index (χ3v) is 4.87. The highest BCUT2D eigenvalue weighted by Crippen LogP contribution is 2.39. The molecule has 1 aliphatic heterocycles. The first-order valence-corrected chi connectivity index (χ1v) is 8.90. The second-order valence-corrected chi connectivity index (χ2v) is 7.01. The molecule has 4 rings (SSSR count). The molecule has 0 atom stereocenters. The number of benzene rings is 1. The largest absolute Gasteiger partial charge is 0.492 e. The molecule has 1 fully saturated rings. The topological polar surface area (TPSA) is 61.5 Å². The number of H-pyrrole nitrogens is 1. The maximum Gasteiger partial charge on any atom is 0.236 e. The maximum absolute atomic E-state index is 12.6. The Bertz CT molecular complexity index is 753. The second kappa shape index (κ2) is 6.88. The van der Waals surface area contributed by atoms with Crippen molar-refractivity contribution in [2.75, 3.05) is 26.7 Å². The van der Waals surface area contributed by atoms with Gasteiger partial charge < -0.3 is 9.64 Å². The minimum Gasteiger partial charge on any atom is -0.492 e. The highest BCUT2D eigenvalue weighted by molar-refractivity contribution is 5.78. The third-order valence-electron chi connectivity index (χ3n) is 4.87. The molecule has 0 spiro atoms. The van der Waals surface area contributed by atoms with Crippen LogP contribution < -0.4 is 4.74 Å². The normalized spacial score (nSPS) is 17.5. The Morgan fingerprint density at radius 2 is 2.24 bits per heavy atom. The SMILES string of the molecule is CN(Cc1cc(C2CC2)n[nH]1)C(=O)CN1CCOc2ccccc2C1. The predicted octanol–water partition coefficient (Wildman–Crippen LogP) is 2.14. The molecule has 132 valence electrons. The van der Waals surface area contributed by atoms with Gasteiger partial charge in [-0.05, 0) is 25.0 Å². The molecule has 0 bridgehead atoms. The van der Waals surface area contributed by atoms with Crippen LogP contribution in [0.3, 0.4) is 0 Å². The zero-order valence-electron chi connectivity index (χ0n) is 14.6. The molecule has 6 nitrogen and oxygen atoms in total. The van der Waals surface area contributed by atoms with Gasteiger partial charge in [0.1, 0.15) is 12.4 Å². The lowest BCUT2D eigenvalue weighted by atomic mass is 10.2. The summed E-state index contributed by atoms with van der Waals surface area (Å²) < 4.78 is 5.77. The molecule has 0 saturated heterocycles. The van der Waals surface area contributed by atoms with Gasteiger partial charge >= 0.3 is 0 Å². The summed E-state index contributed by atoms with van der Waals surface area (Å²) in [5, 5.41) is 7.42. The molecule has 2 aliphatic rings. The van der Waals surface area contributed by atoms with Crippen molar-refractivity contribution in [2.24, 2.45) is 0 Å². The summed E-state index contributed by atoms with van der Waals surface area (Å²) in [5.41, 5.74) is 3.28. The van der Waals surface area contributed by atoms with Gasteiger partial charge in [0.25, 0.3) is 0 Å². The zero-order valence-corrected chi connectivity index (χ0v) is 14.6. The Morgan fingerprint density at radius 3 is 3.08 bits per heavy atom. The van der Waals surface area contributed by atoms with Gasteiger partial charge in [-0.2, -0.15) is 5.10 Å². The van der Waals surface area contributed by atoms with Crippen LogP contribution in [-0.2, 0) is 17.9 Å². The first kappa shape index (κ1) is 16.1. The molecule has 1 amide bonds. The molecular formula is C19H24N4O2. The van der Waals surface area contributed by atoms with Crippen LogP contribution in [0.15, 0.2) is 30.3 Å². The van der Waals surface area contributed by atoms with Gasteiger partial charge in [-0.3, -0.25) is 14.8 Å². The summed E-state index contributed by atoms with van der Waals surface area (Å²) in [6.45, 7) is 3.08. The number of carbonyl (C=O) groups is 1. The molecule has 2 heterocycles. The molecule has 1 saturated carbocycles. The van der Waals surface area contributed by atoms with E-state index < -0.39 is 0 Å². The van der Waals surface area contributed by atoms with Crippen molar-refractivity contribution in [1.29, 1.82) is 0 Å². The number of rotatable bonds is 5. The number of nitrogens with zero attached hydrogens (tertiary/aromatic N) is 3. The molecular weight excluding hydrogens is 316 g/mol. The Morgan fingerprint density at radius 1 is 1.40 bits per heavy atom. The Labute approximate surface area is 147 Å². The Balaban J connectivity index is 1.34. The number of aromatic amines is 1. The van der Waals surface area contributed by atoms with Gasteiger partial charge in [0.2, 0.25) is 5.91 Å². The predicted molar refractivity (Wildman–Crippen MR) is 94.3 cm³/mol. The summed E-state index contributed by atoms with van der Waals surface area (Å²) >= 11 is 0. The van der Waals surface area contributed by atoms with Gasteiger partial charge in [0.05, 0.1) is 24.5 Å². The first-order valence-electron chi connectivity index (χ1n) is 8.90. The van der Waals surface area contributed by atoms with Crippen molar-refractivity contribution in [3.63, 3.8) is 0 Å². The molecule has 1 N–H and O–H groups in total. The molecule has 0 radical (unpaired) electrons. The number of aromatic nitrogens is 2. The van der Waals surface area contributed by atoms with E-state index in [0.717, 1.165) is 35.8 Å². The molecule has 0 unspecified atom stereocenters. The molecule has 1 aromatic carbocycles.